The summed E-state index contributed by atoms with van der Waals surface area (Å²) >= 11 is 1.44. The summed E-state index contributed by atoms with van der Waals surface area (Å²) in [5.41, 5.74) is 1.94. The number of anilines is 2. The van der Waals surface area contributed by atoms with Gasteiger partial charge >= 0.3 is 0 Å². The van der Waals surface area contributed by atoms with Crippen molar-refractivity contribution in [2.24, 2.45) is 0 Å². The van der Waals surface area contributed by atoms with Crippen molar-refractivity contribution in [2.75, 3.05) is 23.8 Å². The molecule has 94 valence electrons. The number of carbonyl (C=O) groups excluding carboxylic acids is 1. The molecule has 0 saturated heterocycles. The number of rotatable bonds is 4. The van der Waals surface area contributed by atoms with E-state index in [4.69, 9.17) is 0 Å². The number of thiazole rings is 1. The summed E-state index contributed by atoms with van der Waals surface area (Å²) in [6, 6.07) is 9.80. The molecule has 1 aromatic heterocycles. The molecule has 2 aromatic rings. The Hall–Kier alpha value is -1.88. The van der Waals surface area contributed by atoms with Gasteiger partial charge < -0.3 is 10.2 Å². The van der Waals surface area contributed by atoms with Crippen LogP contribution in [0.25, 0.3) is 0 Å². The van der Waals surface area contributed by atoms with E-state index in [2.05, 4.69) is 10.3 Å². The number of hydrogen-bond acceptors (Lipinski definition) is 4. The summed E-state index contributed by atoms with van der Waals surface area (Å²) in [7, 11) is 1.89. The highest BCUT2D eigenvalue weighted by molar-refractivity contribution is 7.13. The van der Waals surface area contributed by atoms with Crippen LogP contribution in [0.4, 0.5) is 10.8 Å². The topological polar surface area (TPSA) is 45.2 Å². The number of hydrogen-bond donors (Lipinski definition) is 1. The predicted molar refractivity (Wildman–Crippen MR) is 75.2 cm³/mol. The Balaban J connectivity index is 1.92. The van der Waals surface area contributed by atoms with E-state index in [1.54, 1.807) is 0 Å². The van der Waals surface area contributed by atoms with Crippen LogP contribution in [0.2, 0.25) is 0 Å². The van der Waals surface area contributed by atoms with Crippen molar-refractivity contribution in [1.29, 1.82) is 0 Å². The Morgan fingerprint density at radius 2 is 2.11 bits per heavy atom. The van der Waals surface area contributed by atoms with Gasteiger partial charge in [-0.2, -0.15) is 0 Å². The third kappa shape index (κ3) is 3.30. The van der Waals surface area contributed by atoms with E-state index in [0.29, 0.717) is 11.7 Å². The maximum atomic E-state index is 11.8. The Labute approximate surface area is 110 Å². The highest BCUT2D eigenvalue weighted by atomic mass is 32.1. The molecule has 0 aliphatic rings. The van der Waals surface area contributed by atoms with Gasteiger partial charge in [-0.15, -0.1) is 11.3 Å². The molecule has 0 saturated carbocycles. The van der Waals surface area contributed by atoms with Gasteiger partial charge in [0.2, 0.25) is 5.91 Å². The largest absolute Gasteiger partial charge is 0.365 e. The Morgan fingerprint density at radius 3 is 2.72 bits per heavy atom. The Bertz CT molecular complexity index is 524. The molecule has 4 nitrogen and oxygen atoms in total. The lowest BCUT2D eigenvalue weighted by Gasteiger charge is -2.17. The van der Waals surface area contributed by atoms with Crippen LogP contribution in [-0.2, 0) is 4.79 Å². The number of nitrogens with one attached hydrogen (secondary N) is 1. The van der Waals surface area contributed by atoms with Crippen molar-refractivity contribution in [3.05, 3.63) is 41.4 Å². The van der Waals surface area contributed by atoms with E-state index in [1.807, 2.05) is 54.6 Å². The number of nitrogens with zero attached hydrogens (tertiary/aromatic N) is 2. The quantitative estimate of drug-likeness (QED) is 0.920. The van der Waals surface area contributed by atoms with Crippen LogP contribution in [0, 0.1) is 6.92 Å². The molecular weight excluding hydrogens is 246 g/mol. The van der Waals surface area contributed by atoms with E-state index in [-0.39, 0.29) is 5.91 Å². The first kappa shape index (κ1) is 12.6. The molecule has 5 heteroatoms. The number of carbonyl (C=O) groups is 1. The molecule has 0 bridgehead atoms. The summed E-state index contributed by atoms with van der Waals surface area (Å²) in [5.74, 6) is -0.0595. The number of likely N-dealkylation sites (N-methyl/N-ethyl adjacent to an activating group) is 1. The normalized spacial score (nSPS) is 10.1. The molecule has 1 amide bonds. The van der Waals surface area contributed by atoms with E-state index >= 15 is 0 Å². The average Bonchev–Trinajstić information content (AvgIpc) is 2.75. The van der Waals surface area contributed by atoms with Gasteiger partial charge in [-0.3, -0.25) is 4.79 Å². The average molecular weight is 261 g/mol. The van der Waals surface area contributed by atoms with Crippen LogP contribution < -0.4 is 10.2 Å². The van der Waals surface area contributed by atoms with Crippen molar-refractivity contribution < 1.29 is 4.79 Å². The molecule has 0 aliphatic heterocycles. The molecule has 18 heavy (non-hydrogen) atoms. The van der Waals surface area contributed by atoms with Gasteiger partial charge in [0.1, 0.15) is 0 Å². The van der Waals surface area contributed by atoms with Crippen LogP contribution in [0.15, 0.2) is 35.7 Å². The Kier molecular flexibility index (Phi) is 3.94. The standard InChI is InChI=1S/C13H15N3OS/c1-10-9-18-13(14-10)15-12(17)8-16(2)11-6-4-3-5-7-11/h3-7,9H,8H2,1-2H3,(H,14,15,17). The lowest BCUT2D eigenvalue weighted by atomic mass is 10.3. The molecule has 2 rings (SSSR count). The number of benzene rings is 1. The number of aromatic nitrogens is 1. The van der Waals surface area contributed by atoms with Gasteiger partial charge in [0.05, 0.1) is 12.2 Å². The minimum atomic E-state index is -0.0595. The molecule has 0 fully saturated rings. The van der Waals surface area contributed by atoms with E-state index < -0.39 is 0 Å². The van der Waals surface area contributed by atoms with Crippen LogP contribution in [-0.4, -0.2) is 24.5 Å². The Morgan fingerprint density at radius 1 is 1.39 bits per heavy atom. The van der Waals surface area contributed by atoms with E-state index in [9.17, 15) is 4.79 Å². The SMILES string of the molecule is Cc1csc(NC(=O)CN(C)c2ccccc2)n1. The first-order valence-electron chi connectivity index (χ1n) is 5.63. The van der Waals surface area contributed by atoms with Gasteiger partial charge in [0.15, 0.2) is 5.13 Å². The second kappa shape index (κ2) is 5.64. The molecule has 0 atom stereocenters. The zero-order valence-corrected chi connectivity index (χ0v) is 11.2. The lowest BCUT2D eigenvalue weighted by Crippen LogP contribution is -2.29. The van der Waals surface area contributed by atoms with Gasteiger partial charge in [0, 0.05) is 18.1 Å². The first-order valence-corrected chi connectivity index (χ1v) is 6.51. The summed E-state index contributed by atoms with van der Waals surface area (Å²) in [5, 5.41) is 5.36. The molecule has 1 heterocycles. The molecule has 0 spiro atoms. The predicted octanol–water partition coefficient (Wildman–Crippen LogP) is 2.53. The van der Waals surface area contributed by atoms with Crippen LogP contribution in [0.3, 0.4) is 0 Å². The van der Waals surface area contributed by atoms with Crippen molar-refractivity contribution in [1.82, 2.24) is 4.98 Å². The van der Waals surface area contributed by atoms with Crippen molar-refractivity contribution in [3.63, 3.8) is 0 Å². The molecule has 1 N–H and O–H groups in total. The fourth-order valence-electron chi connectivity index (χ4n) is 1.56. The smallest absolute Gasteiger partial charge is 0.245 e. The molecule has 1 aromatic carbocycles. The number of para-hydroxylation sites is 1. The van der Waals surface area contributed by atoms with Crippen molar-refractivity contribution in [3.8, 4) is 0 Å². The van der Waals surface area contributed by atoms with Gasteiger partial charge in [-0.25, -0.2) is 4.98 Å². The summed E-state index contributed by atoms with van der Waals surface area (Å²) in [4.78, 5) is 17.9. The second-order valence-electron chi connectivity index (χ2n) is 4.03. The third-order valence-electron chi connectivity index (χ3n) is 2.44. The molecule has 0 unspecified atom stereocenters. The first-order chi connectivity index (χ1) is 8.65. The maximum absolute atomic E-state index is 11.8. The zero-order chi connectivity index (χ0) is 13.0. The van der Waals surface area contributed by atoms with E-state index in [0.717, 1.165) is 11.4 Å². The van der Waals surface area contributed by atoms with Crippen molar-refractivity contribution >= 4 is 28.1 Å². The highest BCUT2D eigenvalue weighted by Gasteiger charge is 2.09. The van der Waals surface area contributed by atoms with Crippen LogP contribution in [0.5, 0.6) is 0 Å². The fourth-order valence-corrected chi connectivity index (χ4v) is 2.26. The molecule has 0 aliphatic carbocycles. The minimum absolute atomic E-state index is 0.0595. The number of aryl methyl sites for hydroxylation is 1. The summed E-state index contributed by atoms with van der Waals surface area (Å²) in [6.45, 7) is 2.21. The molecular formula is C13H15N3OS. The van der Waals surface area contributed by atoms with Crippen LogP contribution in [0.1, 0.15) is 5.69 Å². The number of amides is 1. The second-order valence-corrected chi connectivity index (χ2v) is 4.89. The van der Waals surface area contributed by atoms with E-state index in [1.165, 1.54) is 11.3 Å². The van der Waals surface area contributed by atoms with Gasteiger partial charge in [-0.1, -0.05) is 18.2 Å². The highest BCUT2D eigenvalue weighted by Crippen LogP contribution is 2.15. The molecule has 0 radical (unpaired) electrons. The monoisotopic (exact) mass is 261 g/mol. The summed E-state index contributed by atoms with van der Waals surface area (Å²) in [6.07, 6.45) is 0. The minimum Gasteiger partial charge on any atom is -0.365 e. The van der Waals surface area contributed by atoms with Gasteiger partial charge in [-0.05, 0) is 19.1 Å². The van der Waals surface area contributed by atoms with Gasteiger partial charge in [0.25, 0.3) is 0 Å². The van der Waals surface area contributed by atoms with Crippen molar-refractivity contribution in [2.45, 2.75) is 6.92 Å². The maximum Gasteiger partial charge on any atom is 0.245 e. The summed E-state index contributed by atoms with van der Waals surface area (Å²) < 4.78 is 0. The fraction of sp³-hybridized carbons (Fsp3) is 0.231. The van der Waals surface area contributed by atoms with Crippen LogP contribution >= 0.6 is 11.3 Å². The zero-order valence-electron chi connectivity index (χ0n) is 10.4. The lowest BCUT2D eigenvalue weighted by molar-refractivity contribution is -0.114. The third-order valence-corrected chi connectivity index (χ3v) is 3.32.